The zero-order valence-electron chi connectivity index (χ0n) is 11.2. The summed E-state index contributed by atoms with van der Waals surface area (Å²) in [6.45, 7) is 1.78. The van der Waals surface area contributed by atoms with E-state index in [0.29, 0.717) is 18.0 Å². The summed E-state index contributed by atoms with van der Waals surface area (Å²) in [5.74, 6) is 0.380. The largest absolute Gasteiger partial charge is 0.416 e. The van der Waals surface area contributed by atoms with Crippen molar-refractivity contribution >= 4 is 5.65 Å². The first-order valence-electron chi connectivity index (χ1n) is 6.74. The molecule has 1 aliphatic heterocycles. The summed E-state index contributed by atoms with van der Waals surface area (Å²) in [5.41, 5.74) is -0.560. The van der Waals surface area contributed by atoms with Gasteiger partial charge < -0.3 is 5.32 Å². The van der Waals surface area contributed by atoms with Crippen LogP contribution in [0.2, 0.25) is 0 Å². The third-order valence-electron chi connectivity index (χ3n) is 3.71. The van der Waals surface area contributed by atoms with Crippen LogP contribution in [-0.4, -0.2) is 22.5 Å². The minimum atomic E-state index is -4.44. The van der Waals surface area contributed by atoms with E-state index in [0.717, 1.165) is 42.2 Å². The number of fused-ring (bicyclic) bond motifs is 1. The lowest BCUT2D eigenvalue weighted by Crippen LogP contribution is -2.19. The molecule has 2 aromatic rings. The van der Waals surface area contributed by atoms with Gasteiger partial charge in [0, 0.05) is 18.0 Å². The van der Waals surface area contributed by atoms with Crippen molar-refractivity contribution in [2.24, 2.45) is 5.92 Å². The van der Waals surface area contributed by atoms with Gasteiger partial charge in [0.15, 0.2) is 0 Å². The highest BCUT2D eigenvalue weighted by Gasteiger charge is 2.30. The Kier molecular flexibility index (Phi) is 3.44. The molecule has 0 aliphatic carbocycles. The van der Waals surface area contributed by atoms with E-state index in [2.05, 4.69) is 10.3 Å². The molecule has 1 saturated heterocycles. The molecule has 4 nitrogen and oxygen atoms in total. The zero-order valence-corrected chi connectivity index (χ0v) is 11.2. The molecular formula is C14H14F3N3O. The lowest BCUT2D eigenvalue weighted by atomic mass is 10.0. The highest BCUT2D eigenvalue weighted by atomic mass is 19.4. The number of rotatable bonds is 2. The average Bonchev–Trinajstić information content (AvgIpc) is 2.90. The van der Waals surface area contributed by atoms with Gasteiger partial charge in [-0.05, 0) is 44.0 Å². The van der Waals surface area contributed by atoms with E-state index in [-0.39, 0.29) is 11.2 Å². The molecule has 112 valence electrons. The van der Waals surface area contributed by atoms with Crippen LogP contribution >= 0.6 is 0 Å². The summed E-state index contributed by atoms with van der Waals surface area (Å²) in [4.78, 5) is 16.2. The minimum Gasteiger partial charge on any atom is -0.316 e. The SMILES string of the molecule is O=c1cc(CC2CCNC2)nc2cc(C(F)(F)F)ccn12. The molecular weight excluding hydrogens is 283 g/mol. The summed E-state index contributed by atoms with van der Waals surface area (Å²) in [5, 5.41) is 3.21. The third kappa shape index (κ3) is 2.92. The van der Waals surface area contributed by atoms with Crippen LogP contribution in [0.4, 0.5) is 13.2 Å². The van der Waals surface area contributed by atoms with E-state index >= 15 is 0 Å². The van der Waals surface area contributed by atoms with Crippen molar-refractivity contribution in [1.29, 1.82) is 0 Å². The van der Waals surface area contributed by atoms with E-state index in [9.17, 15) is 18.0 Å². The lowest BCUT2D eigenvalue weighted by molar-refractivity contribution is -0.137. The van der Waals surface area contributed by atoms with E-state index < -0.39 is 11.7 Å². The molecule has 7 heteroatoms. The van der Waals surface area contributed by atoms with Gasteiger partial charge in [0.25, 0.3) is 5.56 Å². The quantitative estimate of drug-likeness (QED) is 0.920. The van der Waals surface area contributed by atoms with Gasteiger partial charge in [0.2, 0.25) is 0 Å². The first-order chi connectivity index (χ1) is 9.93. The number of nitrogens with one attached hydrogen (secondary N) is 1. The van der Waals surface area contributed by atoms with Crippen molar-refractivity contribution in [3.05, 3.63) is 46.0 Å². The molecule has 1 N–H and O–H groups in total. The topological polar surface area (TPSA) is 46.4 Å². The number of pyridine rings is 1. The van der Waals surface area contributed by atoms with Gasteiger partial charge in [-0.2, -0.15) is 13.2 Å². The van der Waals surface area contributed by atoms with Crippen molar-refractivity contribution in [2.75, 3.05) is 13.1 Å². The minimum absolute atomic E-state index is 0.0401. The van der Waals surface area contributed by atoms with Gasteiger partial charge >= 0.3 is 6.18 Å². The molecule has 0 amide bonds. The summed E-state index contributed by atoms with van der Waals surface area (Å²) in [6.07, 6.45) is -1.72. The molecule has 3 heterocycles. The van der Waals surface area contributed by atoms with Gasteiger partial charge in [-0.1, -0.05) is 0 Å². The standard InChI is InChI=1S/C14H14F3N3O/c15-14(16,17)10-2-4-20-12(6-10)19-11(7-13(20)21)5-9-1-3-18-8-9/h2,4,6-7,9,18H,1,3,5,8H2. The summed E-state index contributed by atoms with van der Waals surface area (Å²) in [7, 11) is 0. The second-order valence-corrected chi connectivity index (χ2v) is 5.29. The van der Waals surface area contributed by atoms with Crippen molar-refractivity contribution < 1.29 is 13.2 Å². The van der Waals surface area contributed by atoms with Crippen molar-refractivity contribution in [2.45, 2.75) is 19.0 Å². The maximum absolute atomic E-state index is 12.7. The highest BCUT2D eigenvalue weighted by molar-refractivity contribution is 5.42. The van der Waals surface area contributed by atoms with Crippen LogP contribution in [-0.2, 0) is 12.6 Å². The molecule has 3 rings (SSSR count). The molecule has 0 saturated carbocycles. The second kappa shape index (κ2) is 5.14. The van der Waals surface area contributed by atoms with E-state index in [4.69, 9.17) is 0 Å². The number of halogens is 3. The number of hydrogen-bond donors (Lipinski definition) is 1. The Bertz CT molecular complexity index is 717. The number of aromatic nitrogens is 2. The first kappa shape index (κ1) is 14.1. The number of alkyl halides is 3. The molecule has 2 aromatic heterocycles. The molecule has 1 atom stereocenters. The van der Waals surface area contributed by atoms with Crippen LogP contribution in [0, 0.1) is 5.92 Å². The van der Waals surface area contributed by atoms with E-state index in [1.807, 2.05) is 0 Å². The van der Waals surface area contributed by atoms with E-state index in [1.165, 1.54) is 6.07 Å². The Morgan fingerprint density at radius 3 is 2.86 bits per heavy atom. The summed E-state index contributed by atoms with van der Waals surface area (Å²) in [6, 6.07) is 3.20. The summed E-state index contributed by atoms with van der Waals surface area (Å²) >= 11 is 0. The van der Waals surface area contributed by atoms with Crippen LogP contribution in [0.25, 0.3) is 5.65 Å². The normalized spacial score (nSPS) is 19.3. The van der Waals surface area contributed by atoms with Gasteiger partial charge in [-0.3, -0.25) is 9.20 Å². The molecule has 0 spiro atoms. The average molecular weight is 297 g/mol. The fourth-order valence-corrected chi connectivity index (χ4v) is 2.62. The Morgan fingerprint density at radius 1 is 1.38 bits per heavy atom. The van der Waals surface area contributed by atoms with Gasteiger partial charge in [0.1, 0.15) is 5.65 Å². The van der Waals surface area contributed by atoms with Gasteiger partial charge in [0.05, 0.1) is 5.56 Å². The fourth-order valence-electron chi connectivity index (χ4n) is 2.62. The second-order valence-electron chi connectivity index (χ2n) is 5.29. The Morgan fingerprint density at radius 2 is 2.19 bits per heavy atom. The van der Waals surface area contributed by atoms with E-state index in [1.54, 1.807) is 0 Å². The predicted molar refractivity (Wildman–Crippen MR) is 71.1 cm³/mol. The first-order valence-corrected chi connectivity index (χ1v) is 6.74. The van der Waals surface area contributed by atoms with Crippen LogP contribution in [0.5, 0.6) is 0 Å². The van der Waals surface area contributed by atoms with Gasteiger partial charge in [-0.25, -0.2) is 4.98 Å². The Balaban J connectivity index is 2.01. The highest BCUT2D eigenvalue weighted by Crippen LogP contribution is 2.29. The smallest absolute Gasteiger partial charge is 0.316 e. The van der Waals surface area contributed by atoms with Crippen molar-refractivity contribution in [1.82, 2.24) is 14.7 Å². The molecule has 1 fully saturated rings. The molecule has 0 radical (unpaired) electrons. The fraction of sp³-hybridized carbons (Fsp3) is 0.429. The van der Waals surface area contributed by atoms with Crippen LogP contribution in [0.1, 0.15) is 17.7 Å². The zero-order chi connectivity index (χ0) is 15.0. The van der Waals surface area contributed by atoms with Crippen LogP contribution < -0.4 is 10.9 Å². The maximum Gasteiger partial charge on any atom is 0.416 e. The molecule has 1 aliphatic rings. The third-order valence-corrected chi connectivity index (χ3v) is 3.71. The van der Waals surface area contributed by atoms with Crippen LogP contribution in [0.15, 0.2) is 29.2 Å². The van der Waals surface area contributed by atoms with Gasteiger partial charge in [-0.15, -0.1) is 0 Å². The molecule has 1 unspecified atom stereocenters. The predicted octanol–water partition coefficient (Wildman–Crippen LogP) is 1.87. The molecule has 21 heavy (non-hydrogen) atoms. The van der Waals surface area contributed by atoms with Crippen molar-refractivity contribution in [3.63, 3.8) is 0 Å². The Labute approximate surface area is 118 Å². The monoisotopic (exact) mass is 297 g/mol. The molecule has 0 bridgehead atoms. The maximum atomic E-state index is 12.7. The number of hydrogen-bond acceptors (Lipinski definition) is 3. The van der Waals surface area contributed by atoms with Crippen LogP contribution in [0.3, 0.4) is 0 Å². The lowest BCUT2D eigenvalue weighted by Gasteiger charge is -2.10. The Hall–Kier alpha value is -1.89. The molecule has 0 aromatic carbocycles. The summed E-state index contributed by atoms with van der Waals surface area (Å²) < 4.78 is 39.3. The number of nitrogens with zero attached hydrogens (tertiary/aromatic N) is 2. The van der Waals surface area contributed by atoms with Crippen molar-refractivity contribution in [3.8, 4) is 0 Å².